The van der Waals surface area contributed by atoms with Gasteiger partial charge in [-0.1, -0.05) is 60.7 Å². The quantitative estimate of drug-likeness (QED) is 0.240. The molecule has 0 aliphatic carbocycles. The van der Waals surface area contributed by atoms with Crippen molar-refractivity contribution in [3.8, 4) is 0 Å². The Labute approximate surface area is 179 Å². The molecule has 30 heavy (non-hydrogen) atoms. The minimum absolute atomic E-state index is 0.213. The fourth-order valence-electron chi connectivity index (χ4n) is 2.97. The number of fused-ring (bicyclic) bond motifs is 1. The summed E-state index contributed by atoms with van der Waals surface area (Å²) in [5, 5.41) is 4.94. The Kier molecular flexibility index (Phi) is 6.11. The van der Waals surface area contributed by atoms with E-state index in [2.05, 4.69) is 35.6 Å². The largest absolute Gasteiger partial charge is 0.397 e. The second kappa shape index (κ2) is 9.29. The lowest BCUT2D eigenvalue weighted by Crippen LogP contribution is -2.09. The van der Waals surface area contributed by atoms with E-state index in [1.54, 1.807) is 30.0 Å². The van der Waals surface area contributed by atoms with Crippen LogP contribution in [-0.4, -0.2) is 10.9 Å². The number of pyridine rings is 1. The van der Waals surface area contributed by atoms with Crippen molar-refractivity contribution in [2.75, 3.05) is 11.1 Å². The maximum absolute atomic E-state index is 12.1. The first kappa shape index (κ1) is 19.7. The number of carbonyl (C=O) groups excluding carboxylic acids is 1. The van der Waals surface area contributed by atoms with Crippen LogP contribution in [0.2, 0.25) is 0 Å². The van der Waals surface area contributed by atoms with Crippen LogP contribution in [0.15, 0.2) is 96.0 Å². The van der Waals surface area contributed by atoms with Gasteiger partial charge < -0.3 is 11.1 Å². The summed E-state index contributed by atoms with van der Waals surface area (Å²) in [6.07, 6.45) is 3.30. The maximum Gasteiger partial charge on any atom is 0.248 e. The number of para-hydroxylation sites is 3. The molecular weight excluding hydrogens is 390 g/mol. The number of nitrogens with zero attached hydrogens (tertiary/aromatic N) is 1. The third-order valence-electron chi connectivity index (χ3n) is 4.59. The molecule has 4 nitrogen and oxygen atoms in total. The van der Waals surface area contributed by atoms with Gasteiger partial charge in [-0.15, -0.1) is 11.8 Å². The molecule has 0 aliphatic rings. The van der Waals surface area contributed by atoms with E-state index in [1.165, 1.54) is 11.6 Å². The Morgan fingerprint density at radius 2 is 1.70 bits per heavy atom. The van der Waals surface area contributed by atoms with E-state index >= 15 is 0 Å². The molecule has 4 rings (SSSR count). The smallest absolute Gasteiger partial charge is 0.248 e. The first-order valence-corrected chi connectivity index (χ1v) is 10.6. The molecule has 3 aromatic carbocycles. The van der Waals surface area contributed by atoms with Crippen LogP contribution in [0, 0.1) is 0 Å². The lowest BCUT2D eigenvalue weighted by molar-refractivity contribution is -0.111. The minimum Gasteiger partial charge on any atom is -0.397 e. The number of nitrogens with one attached hydrogen (secondary N) is 1. The van der Waals surface area contributed by atoms with Crippen LogP contribution in [0.4, 0.5) is 11.4 Å². The van der Waals surface area contributed by atoms with Gasteiger partial charge in [0, 0.05) is 17.2 Å². The monoisotopic (exact) mass is 411 g/mol. The molecule has 0 bridgehead atoms. The molecule has 1 heterocycles. The first-order valence-electron chi connectivity index (χ1n) is 9.58. The third-order valence-corrected chi connectivity index (χ3v) is 5.59. The SMILES string of the molecule is Nc1ccccc1NC(=O)/C=C/c1ccc(CSc2ccc3ccccc3n2)cc1. The van der Waals surface area contributed by atoms with E-state index < -0.39 is 0 Å². The van der Waals surface area contributed by atoms with Crippen LogP contribution in [0.3, 0.4) is 0 Å². The standard InChI is InChI=1S/C25H21N3OS/c26-21-6-2-4-8-23(21)27-24(29)15-13-18-9-11-19(12-10-18)17-30-25-16-14-20-5-1-3-7-22(20)28-25/h1-16H,17,26H2,(H,27,29)/b15-13+. The number of hydrogen-bond acceptors (Lipinski definition) is 4. The molecule has 0 aliphatic heterocycles. The number of nitrogens with two attached hydrogens (primary N) is 1. The second-order valence-electron chi connectivity index (χ2n) is 6.78. The normalized spacial score (nSPS) is 11.1. The van der Waals surface area contributed by atoms with Gasteiger partial charge in [0.15, 0.2) is 0 Å². The van der Waals surface area contributed by atoms with Crippen molar-refractivity contribution in [3.05, 3.63) is 102 Å². The molecular formula is C25H21N3OS. The zero-order chi connectivity index (χ0) is 20.8. The summed E-state index contributed by atoms with van der Waals surface area (Å²) in [4.78, 5) is 16.8. The summed E-state index contributed by atoms with van der Waals surface area (Å²) in [5.41, 5.74) is 10.2. The number of carbonyl (C=O) groups is 1. The van der Waals surface area contributed by atoms with E-state index in [-0.39, 0.29) is 5.91 Å². The van der Waals surface area contributed by atoms with Crippen LogP contribution in [0.1, 0.15) is 11.1 Å². The number of rotatable bonds is 6. The van der Waals surface area contributed by atoms with Crippen molar-refractivity contribution in [3.63, 3.8) is 0 Å². The van der Waals surface area contributed by atoms with Crippen molar-refractivity contribution in [2.24, 2.45) is 0 Å². The van der Waals surface area contributed by atoms with Gasteiger partial charge in [-0.05, 0) is 41.5 Å². The van der Waals surface area contributed by atoms with E-state index in [0.717, 1.165) is 27.2 Å². The van der Waals surface area contributed by atoms with Gasteiger partial charge in [0.05, 0.1) is 21.9 Å². The highest BCUT2D eigenvalue weighted by molar-refractivity contribution is 7.98. The first-order chi connectivity index (χ1) is 14.7. The second-order valence-corrected chi connectivity index (χ2v) is 7.78. The third kappa shape index (κ3) is 5.07. The Bertz CT molecular complexity index is 1200. The van der Waals surface area contributed by atoms with Crippen LogP contribution >= 0.6 is 11.8 Å². The molecule has 4 aromatic rings. The Morgan fingerprint density at radius 3 is 2.53 bits per heavy atom. The van der Waals surface area contributed by atoms with Crippen molar-refractivity contribution in [2.45, 2.75) is 10.8 Å². The molecule has 0 atom stereocenters. The summed E-state index contributed by atoms with van der Waals surface area (Å²) < 4.78 is 0. The van der Waals surface area contributed by atoms with Crippen LogP contribution in [0.25, 0.3) is 17.0 Å². The van der Waals surface area contributed by atoms with Crippen molar-refractivity contribution in [1.82, 2.24) is 4.98 Å². The average Bonchev–Trinajstić information content (AvgIpc) is 2.78. The molecule has 0 saturated carbocycles. The fraction of sp³-hybridized carbons (Fsp3) is 0.0400. The topological polar surface area (TPSA) is 68.0 Å². The molecule has 1 amide bonds. The Balaban J connectivity index is 1.33. The molecule has 148 valence electrons. The van der Waals surface area contributed by atoms with Crippen LogP contribution in [0.5, 0.6) is 0 Å². The van der Waals surface area contributed by atoms with Gasteiger partial charge in [-0.2, -0.15) is 0 Å². The Hall–Kier alpha value is -3.57. The zero-order valence-corrected chi connectivity index (χ0v) is 17.1. The zero-order valence-electron chi connectivity index (χ0n) is 16.3. The predicted octanol–water partition coefficient (Wildman–Crippen LogP) is 5.76. The van der Waals surface area contributed by atoms with Crippen molar-refractivity contribution < 1.29 is 4.79 Å². The lowest BCUT2D eigenvalue weighted by atomic mass is 10.1. The molecule has 0 fully saturated rings. The van der Waals surface area contributed by atoms with Gasteiger partial charge in [-0.3, -0.25) is 4.79 Å². The number of anilines is 2. The molecule has 5 heteroatoms. The van der Waals surface area contributed by atoms with E-state index in [0.29, 0.717) is 11.4 Å². The van der Waals surface area contributed by atoms with Gasteiger partial charge in [-0.25, -0.2) is 4.98 Å². The number of nitrogen functional groups attached to an aromatic ring is 1. The summed E-state index contributed by atoms with van der Waals surface area (Å²) in [5.74, 6) is 0.623. The van der Waals surface area contributed by atoms with E-state index in [9.17, 15) is 4.79 Å². The van der Waals surface area contributed by atoms with Gasteiger partial charge >= 0.3 is 0 Å². The lowest BCUT2D eigenvalue weighted by Gasteiger charge is -2.05. The number of hydrogen-bond donors (Lipinski definition) is 2. The number of thioether (sulfide) groups is 1. The summed E-state index contributed by atoms with van der Waals surface area (Å²) in [7, 11) is 0. The Morgan fingerprint density at radius 1 is 0.933 bits per heavy atom. The van der Waals surface area contributed by atoms with E-state index in [4.69, 9.17) is 10.7 Å². The highest BCUT2D eigenvalue weighted by atomic mass is 32.2. The summed E-state index contributed by atoms with van der Waals surface area (Å²) in [6.45, 7) is 0. The van der Waals surface area contributed by atoms with Crippen molar-refractivity contribution in [1.29, 1.82) is 0 Å². The van der Waals surface area contributed by atoms with E-state index in [1.807, 2.05) is 42.5 Å². The van der Waals surface area contributed by atoms with Gasteiger partial charge in [0.25, 0.3) is 0 Å². The van der Waals surface area contributed by atoms with Gasteiger partial charge in [0.1, 0.15) is 0 Å². The maximum atomic E-state index is 12.1. The molecule has 0 spiro atoms. The van der Waals surface area contributed by atoms with Gasteiger partial charge in [0.2, 0.25) is 5.91 Å². The predicted molar refractivity (Wildman–Crippen MR) is 126 cm³/mol. The molecule has 1 aromatic heterocycles. The van der Waals surface area contributed by atoms with Crippen molar-refractivity contribution >= 4 is 46.0 Å². The number of benzene rings is 3. The molecule has 3 N–H and O–H groups in total. The summed E-state index contributed by atoms with van der Waals surface area (Å²) in [6, 6.07) is 27.6. The van der Waals surface area contributed by atoms with Crippen LogP contribution < -0.4 is 11.1 Å². The number of amides is 1. The molecule has 0 saturated heterocycles. The minimum atomic E-state index is -0.213. The summed E-state index contributed by atoms with van der Waals surface area (Å²) >= 11 is 1.71. The average molecular weight is 412 g/mol. The fourth-order valence-corrected chi connectivity index (χ4v) is 3.80. The molecule has 0 radical (unpaired) electrons. The van der Waals surface area contributed by atoms with Crippen LogP contribution in [-0.2, 0) is 10.5 Å². The highest BCUT2D eigenvalue weighted by Crippen LogP contribution is 2.24. The highest BCUT2D eigenvalue weighted by Gasteiger charge is 2.02. The molecule has 0 unspecified atom stereocenters. The number of aromatic nitrogens is 1.